The standard InChI is InChI=1S/C30H46/c1-3-5-7-9-10-12-13-25-15-18-27(19-16-25)29-22-21-28-23-26(14-11-8-6-4-2)17-20-30(28)24-29/h17,20-25,27H,3-16,18-19H2,1-2H3. The van der Waals surface area contributed by atoms with Gasteiger partial charge >= 0.3 is 0 Å². The first-order valence-corrected chi connectivity index (χ1v) is 13.3. The molecule has 0 unspecified atom stereocenters. The van der Waals surface area contributed by atoms with Crippen LogP contribution in [-0.4, -0.2) is 0 Å². The molecule has 0 N–H and O–H groups in total. The average molecular weight is 407 g/mol. The first-order chi connectivity index (χ1) is 14.8. The Labute approximate surface area is 186 Å². The minimum Gasteiger partial charge on any atom is -0.0654 e. The first kappa shape index (κ1) is 23.4. The van der Waals surface area contributed by atoms with E-state index in [1.165, 1.54) is 119 Å². The molecule has 1 aliphatic carbocycles. The predicted octanol–water partition coefficient (Wildman–Crippen LogP) is 9.99. The fraction of sp³-hybridized carbons (Fsp3) is 0.667. The molecule has 30 heavy (non-hydrogen) atoms. The number of benzene rings is 2. The van der Waals surface area contributed by atoms with E-state index in [2.05, 4.69) is 50.2 Å². The zero-order valence-electron chi connectivity index (χ0n) is 19.9. The Hall–Kier alpha value is -1.30. The fourth-order valence-corrected chi connectivity index (χ4v) is 5.48. The lowest BCUT2D eigenvalue weighted by atomic mass is 9.76. The SMILES string of the molecule is CCCCCCCCC1CCC(c2ccc3cc(CCCCCC)ccc3c2)CC1. The highest BCUT2D eigenvalue weighted by Gasteiger charge is 2.22. The van der Waals surface area contributed by atoms with Gasteiger partial charge in [-0.2, -0.15) is 0 Å². The molecular formula is C30H46. The third-order valence-corrected chi connectivity index (χ3v) is 7.53. The Morgan fingerprint density at radius 2 is 1.27 bits per heavy atom. The van der Waals surface area contributed by atoms with Crippen LogP contribution in [0.4, 0.5) is 0 Å². The maximum absolute atomic E-state index is 2.49. The molecule has 3 rings (SSSR count). The van der Waals surface area contributed by atoms with Crippen LogP contribution in [0.1, 0.15) is 127 Å². The van der Waals surface area contributed by atoms with E-state index in [4.69, 9.17) is 0 Å². The quantitative estimate of drug-likeness (QED) is 0.290. The van der Waals surface area contributed by atoms with Gasteiger partial charge in [0.2, 0.25) is 0 Å². The summed E-state index contributed by atoms with van der Waals surface area (Å²) in [5, 5.41) is 2.88. The van der Waals surface area contributed by atoms with Crippen molar-refractivity contribution in [2.75, 3.05) is 0 Å². The molecular weight excluding hydrogens is 360 g/mol. The third kappa shape index (κ3) is 7.44. The van der Waals surface area contributed by atoms with E-state index in [0.717, 1.165) is 11.8 Å². The zero-order chi connectivity index (χ0) is 21.0. The van der Waals surface area contributed by atoms with Gasteiger partial charge in [-0.15, -0.1) is 0 Å². The van der Waals surface area contributed by atoms with Gasteiger partial charge < -0.3 is 0 Å². The maximum atomic E-state index is 2.49. The molecule has 166 valence electrons. The monoisotopic (exact) mass is 406 g/mol. The molecule has 0 bridgehead atoms. The smallest absolute Gasteiger partial charge is 0.0162 e. The Kier molecular flexibility index (Phi) is 10.3. The Balaban J connectivity index is 1.44. The molecule has 0 heterocycles. The second kappa shape index (κ2) is 13.2. The summed E-state index contributed by atoms with van der Waals surface area (Å²) in [6.07, 6.45) is 22.5. The maximum Gasteiger partial charge on any atom is -0.0162 e. The van der Waals surface area contributed by atoms with Crippen LogP contribution in [0.15, 0.2) is 36.4 Å². The van der Waals surface area contributed by atoms with Crippen LogP contribution in [-0.2, 0) is 6.42 Å². The Morgan fingerprint density at radius 3 is 2.03 bits per heavy atom. The molecule has 0 aromatic heterocycles. The number of rotatable bonds is 13. The average Bonchev–Trinajstić information content (AvgIpc) is 2.79. The minimum absolute atomic E-state index is 0.795. The van der Waals surface area contributed by atoms with E-state index < -0.39 is 0 Å². The Morgan fingerprint density at radius 1 is 0.633 bits per heavy atom. The Bertz CT molecular complexity index is 720. The zero-order valence-corrected chi connectivity index (χ0v) is 19.9. The van der Waals surface area contributed by atoms with Crippen molar-refractivity contribution in [3.05, 3.63) is 47.5 Å². The lowest BCUT2D eigenvalue weighted by Crippen LogP contribution is -2.13. The normalized spacial score (nSPS) is 19.4. The van der Waals surface area contributed by atoms with Crippen molar-refractivity contribution in [1.29, 1.82) is 0 Å². The van der Waals surface area contributed by atoms with E-state index in [1.807, 2.05) is 0 Å². The van der Waals surface area contributed by atoms with Crippen molar-refractivity contribution in [2.24, 2.45) is 5.92 Å². The van der Waals surface area contributed by atoms with Crippen LogP contribution in [0.2, 0.25) is 0 Å². The van der Waals surface area contributed by atoms with Crippen LogP contribution in [0.3, 0.4) is 0 Å². The van der Waals surface area contributed by atoms with Gasteiger partial charge in [0.15, 0.2) is 0 Å². The van der Waals surface area contributed by atoms with Crippen LogP contribution < -0.4 is 0 Å². The number of fused-ring (bicyclic) bond motifs is 1. The summed E-state index contributed by atoms with van der Waals surface area (Å²) in [5.41, 5.74) is 3.11. The molecule has 2 aromatic rings. The van der Waals surface area contributed by atoms with Crippen molar-refractivity contribution < 1.29 is 0 Å². The summed E-state index contributed by atoms with van der Waals surface area (Å²) in [6, 6.07) is 14.5. The summed E-state index contributed by atoms with van der Waals surface area (Å²) in [6.45, 7) is 4.59. The van der Waals surface area contributed by atoms with Crippen LogP contribution in [0.25, 0.3) is 10.8 Å². The summed E-state index contributed by atoms with van der Waals surface area (Å²) in [4.78, 5) is 0. The van der Waals surface area contributed by atoms with Gasteiger partial charge in [0, 0.05) is 0 Å². The van der Waals surface area contributed by atoms with E-state index in [1.54, 1.807) is 5.56 Å². The van der Waals surface area contributed by atoms with Gasteiger partial charge in [-0.05, 0) is 72.3 Å². The molecule has 2 aromatic carbocycles. The van der Waals surface area contributed by atoms with Crippen molar-refractivity contribution in [2.45, 2.75) is 122 Å². The highest BCUT2D eigenvalue weighted by atomic mass is 14.3. The summed E-state index contributed by atoms with van der Waals surface area (Å²) < 4.78 is 0. The predicted molar refractivity (Wildman–Crippen MR) is 134 cm³/mol. The topological polar surface area (TPSA) is 0 Å². The van der Waals surface area contributed by atoms with Crippen molar-refractivity contribution >= 4 is 10.8 Å². The van der Waals surface area contributed by atoms with Gasteiger partial charge in [0.05, 0.1) is 0 Å². The highest BCUT2D eigenvalue weighted by Crippen LogP contribution is 2.38. The van der Waals surface area contributed by atoms with Crippen molar-refractivity contribution in [1.82, 2.24) is 0 Å². The molecule has 0 saturated heterocycles. The van der Waals surface area contributed by atoms with Crippen LogP contribution in [0.5, 0.6) is 0 Å². The molecule has 0 aliphatic heterocycles. The van der Waals surface area contributed by atoms with E-state index in [-0.39, 0.29) is 0 Å². The van der Waals surface area contributed by atoms with E-state index >= 15 is 0 Å². The minimum atomic E-state index is 0.795. The number of aryl methyl sites for hydroxylation is 1. The lowest BCUT2D eigenvalue weighted by molar-refractivity contribution is 0.302. The highest BCUT2D eigenvalue weighted by molar-refractivity contribution is 5.84. The second-order valence-electron chi connectivity index (χ2n) is 10.0. The molecule has 0 amide bonds. The molecule has 0 radical (unpaired) electrons. The largest absolute Gasteiger partial charge is 0.0654 e. The lowest BCUT2D eigenvalue weighted by Gasteiger charge is -2.29. The molecule has 1 saturated carbocycles. The molecule has 1 aliphatic rings. The molecule has 0 spiro atoms. The van der Waals surface area contributed by atoms with Crippen LogP contribution >= 0.6 is 0 Å². The summed E-state index contributed by atoms with van der Waals surface area (Å²) >= 11 is 0. The number of hydrogen-bond donors (Lipinski definition) is 0. The molecule has 0 nitrogen and oxygen atoms in total. The van der Waals surface area contributed by atoms with Gasteiger partial charge in [-0.3, -0.25) is 0 Å². The van der Waals surface area contributed by atoms with Gasteiger partial charge in [-0.1, -0.05) is 114 Å². The summed E-state index contributed by atoms with van der Waals surface area (Å²) in [5.74, 6) is 1.80. The van der Waals surface area contributed by atoms with Gasteiger partial charge in [-0.25, -0.2) is 0 Å². The van der Waals surface area contributed by atoms with Gasteiger partial charge in [0.25, 0.3) is 0 Å². The third-order valence-electron chi connectivity index (χ3n) is 7.53. The van der Waals surface area contributed by atoms with Crippen molar-refractivity contribution in [3.8, 4) is 0 Å². The molecule has 0 heteroatoms. The van der Waals surface area contributed by atoms with Gasteiger partial charge in [0.1, 0.15) is 0 Å². The number of hydrogen-bond acceptors (Lipinski definition) is 0. The summed E-state index contributed by atoms with van der Waals surface area (Å²) in [7, 11) is 0. The van der Waals surface area contributed by atoms with E-state index in [0.29, 0.717) is 0 Å². The van der Waals surface area contributed by atoms with Crippen molar-refractivity contribution in [3.63, 3.8) is 0 Å². The van der Waals surface area contributed by atoms with Crippen LogP contribution in [0, 0.1) is 5.92 Å². The second-order valence-corrected chi connectivity index (χ2v) is 10.0. The first-order valence-electron chi connectivity index (χ1n) is 13.3. The molecule has 1 fully saturated rings. The van der Waals surface area contributed by atoms with E-state index in [9.17, 15) is 0 Å². The number of unbranched alkanes of at least 4 members (excludes halogenated alkanes) is 8. The fourth-order valence-electron chi connectivity index (χ4n) is 5.48. The molecule has 0 atom stereocenters.